The van der Waals surface area contributed by atoms with E-state index in [0.717, 1.165) is 19.6 Å². The van der Waals surface area contributed by atoms with E-state index in [0.29, 0.717) is 22.8 Å². The molecule has 4 nitrogen and oxygen atoms in total. The summed E-state index contributed by atoms with van der Waals surface area (Å²) in [6.07, 6.45) is 0. The van der Waals surface area contributed by atoms with Gasteiger partial charge in [-0.05, 0) is 30.7 Å². The Morgan fingerprint density at radius 1 is 1.28 bits per heavy atom. The van der Waals surface area contributed by atoms with E-state index in [1.807, 2.05) is 0 Å². The molecule has 1 aromatic rings. The van der Waals surface area contributed by atoms with Crippen LogP contribution in [0, 0.1) is 0 Å². The van der Waals surface area contributed by atoms with E-state index < -0.39 is 7.12 Å². The van der Waals surface area contributed by atoms with E-state index in [4.69, 9.17) is 26.4 Å². The van der Waals surface area contributed by atoms with Gasteiger partial charge in [0.25, 0.3) is 0 Å². The minimum atomic E-state index is -1.51. The zero-order chi connectivity index (χ0) is 13.5. The van der Waals surface area contributed by atoms with Gasteiger partial charge in [0.15, 0.2) is 0 Å². The van der Waals surface area contributed by atoms with Crippen LogP contribution in [0.1, 0.15) is 13.8 Å². The van der Waals surface area contributed by atoms with Gasteiger partial charge in [0.05, 0.1) is 5.02 Å². The fourth-order valence-corrected chi connectivity index (χ4v) is 1.86. The van der Waals surface area contributed by atoms with Crippen molar-refractivity contribution in [1.29, 1.82) is 0 Å². The van der Waals surface area contributed by atoms with Gasteiger partial charge in [-0.15, -0.1) is 0 Å². The van der Waals surface area contributed by atoms with Crippen molar-refractivity contribution in [3.8, 4) is 5.75 Å². The van der Waals surface area contributed by atoms with Gasteiger partial charge < -0.3 is 19.7 Å². The third-order valence-corrected chi connectivity index (χ3v) is 3.11. The topological polar surface area (TPSA) is 52.9 Å². The third-order valence-electron chi connectivity index (χ3n) is 2.81. The highest BCUT2D eigenvalue weighted by Gasteiger charge is 2.13. The molecule has 0 heterocycles. The maximum Gasteiger partial charge on any atom is 0.488 e. The van der Waals surface area contributed by atoms with Crippen LogP contribution in [-0.4, -0.2) is 48.3 Å². The Kier molecular flexibility index (Phi) is 6.50. The second-order valence-corrected chi connectivity index (χ2v) is 4.35. The highest BCUT2D eigenvalue weighted by atomic mass is 35.5. The summed E-state index contributed by atoms with van der Waals surface area (Å²) >= 11 is 6.00. The van der Waals surface area contributed by atoms with Crippen molar-refractivity contribution < 1.29 is 14.8 Å². The first-order chi connectivity index (χ1) is 8.58. The molecule has 6 heteroatoms. The molecular formula is C12H19BClNO3. The van der Waals surface area contributed by atoms with Crippen molar-refractivity contribution in [2.24, 2.45) is 0 Å². The monoisotopic (exact) mass is 271 g/mol. The zero-order valence-corrected chi connectivity index (χ0v) is 11.5. The molecular weight excluding hydrogens is 252 g/mol. The van der Waals surface area contributed by atoms with E-state index in [-0.39, 0.29) is 0 Å². The number of hydrogen-bond acceptors (Lipinski definition) is 4. The van der Waals surface area contributed by atoms with E-state index in [1.54, 1.807) is 12.1 Å². The van der Waals surface area contributed by atoms with Crippen LogP contribution in [0.2, 0.25) is 5.02 Å². The van der Waals surface area contributed by atoms with Gasteiger partial charge in [-0.3, -0.25) is 0 Å². The lowest BCUT2D eigenvalue weighted by molar-refractivity contribution is 0.223. The van der Waals surface area contributed by atoms with Crippen LogP contribution in [0.5, 0.6) is 5.75 Å². The molecule has 0 aliphatic carbocycles. The second kappa shape index (κ2) is 7.64. The van der Waals surface area contributed by atoms with Crippen molar-refractivity contribution in [2.45, 2.75) is 13.8 Å². The number of ether oxygens (including phenoxy) is 1. The number of hydrogen-bond donors (Lipinski definition) is 2. The van der Waals surface area contributed by atoms with Crippen molar-refractivity contribution in [1.82, 2.24) is 4.90 Å². The Labute approximate surface area is 113 Å². The predicted molar refractivity (Wildman–Crippen MR) is 74.6 cm³/mol. The van der Waals surface area contributed by atoms with Gasteiger partial charge in [-0.1, -0.05) is 31.5 Å². The fourth-order valence-electron chi connectivity index (χ4n) is 1.62. The summed E-state index contributed by atoms with van der Waals surface area (Å²) in [6.45, 7) is 7.59. The van der Waals surface area contributed by atoms with Crippen LogP contribution < -0.4 is 10.2 Å². The van der Waals surface area contributed by atoms with Crippen LogP contribution in [0.15, 0.2) is 18.2 Å². The third kappa shape index (κ3) is 4.50. The maximum absolute atomic E-state index is 9.00. The maximum atomic E-state index is 9.00. The molecule has 0 atom stereocenters. The summed E-state index contributed by atoms with van der Waals surface area (Å²) in [5.74, 6) is 0.563. The Hall–Kier alpha value is -0.745. The molecule has 0 saturated carbocycles. The van der Waals surface area contributed by atoms with Crippen LogP contribution in [0.3, 0.4) is 0 Å². The van der Waals surface area contributed by atoms with Gasteiger partial charge in [0, 0.05) is 6.54 Å². The van der Waals surface area contributed by atoms with Crippen molar-refractivity contribution in [3.63, 3.8) is 0 Å². The summed E-state index contributed by atoms with van der Waals surface area (Å²) < 4.78 is 5.57. The molecule has 1 aromatic carbocycles. The van der Waals surface area contributed by atoms with E-state index in [1.165, 1.54) is 6.07 Å². The minimum Gasteiger partial charge on any atom is -0.491 e. The molecule has 0 spiro atoms. The molecule has 0 aromatic heterocycles. The first-order valence-corrected chi connectivity index (χ1v) is 6.47. The largest absolute Gasteiger partial charge is 0.491 e. The first kappa shape index (κ1) is 15.3. The Balaban J connectivity index is 2.53. The fraction of sp³-hybridized carbons (Fsp3) is 0.500. The van der Waals surface area contributed by atoms with Crippen LogP contribution >= 0.6 is 11.6 Å². The predicted octanol–water partition coefficient (Wildman–Crippen LogP) is 0.740. The van der Waals surface area contributed by atoms with Crippen molar-refractivity contribution in [3.05, 3.63) is 23.2 Å². The highest BCUT2D eigenvalue weighted by Crippen LogP contribution is 2.22. The van der Waals surface area contributed by atoms with Gasteiger partial charge in [-0.25, -0.2) is 0 Å². The summed E-state index contributed by atoms with van der Waals surface area (Å²) in [5.41, 5.74) is 0.357. The van der Waals surface area contributed by atoms with Gasteiger partial charge in [0.2, 0.25) is 0 Å². The molecule has 2 N–H and O–H groups in total. The molecule has 0 radical (unpaired) electrons. The lowest BCUT2D eigenvalue weighted by atomic mass is 9.80. The normalized spacial score (nSPS) is 10.8. The van der Waals surface area contributed by atoms with E-state index in [9.17, 15) is 0 Å². The van der Waals surface area contributed by atoms with E-state index in [2.05, 4.69) is 18.7 Å². The Morgan fingerprint density at radius 3 is 2.44 bits per heavy atom. The van der Waals surface area contributed by atoms with Crippen LogP contribution in [0.4, 0.5) is 0 Å². The van der Waals surface area contributed by atoms with Crippen LogP contribution in [-0.2, 0) is 0 Å². The lowest BCUT2D eigenvalue weighted by Gasteiger charge is -2.18. The van der Waals surface area contributed by atoms with Crippen molar-refractivity contribution >= 4 is 24.2 Å². The molecule has 100 valence electrons. The number of rotatable bonds is 7. The Bertz CT molecular complexity index is 372. The number of nitrogens with zero attached hydrogens (tertiary/aromatic N) is 1. The summed E-state index contributed by atoms with van der Waals surface area (Å²) in [5, 5.41) is 18.4. The SMILES string of the molecule is CCN(CC)CCOc1ccc(B(O)O)cc1Cl. The average molecular weight is 272 g/mol. The highest BCUT2D eigenvalue weighted by molar-refractivity contribution is 6.59. The Morgan fingerprint density at radius 2 is 1.94 bits per heavy atom. The lowest BCUT2D eigenvalue weighted by Crippen LogP contribution is -2.30. The quantitative estimate of drug-likeness (QED) is 0.718. The number of likely N-dealkylation sites (N-methyl/N-ethyl adjacent to an activating group) is 1. The van der Waals surface area contributed by atoms with Gasteiger partial charge in [-0.2, -0.15) is 0 Å². The summed E-state index contributed by atoms with van der Waals surface area (Å²) in [6, 6.07) is 4.74. The molecule has 18 heavy (non-hydrogen) atoms. The molecule has 0 bridgehead atoms. The van der Waals surface area contributed by atoms with Gasteiger partial charge >= 0.3 is 7.12 Å². The standard InChI is InChI=1S/C12H19BClNO3/c1-3-15(4-2)7-8-18-12-6-5-10(13(16)17)9-11(12)14/h5-6,9,16-17H,3-4,7-8H2,1-2H3. The molecule has 0 fully saturated rings. The van der Waals surface area contributed by atoms with Crippen molar-refractivity contribution in [2.75, 3.05) is 26.2 Å². The summed E-state index contributed by atoms with van der Waals surface area (Å²) in [7, 11) is -1.51. The average Bonchev–Trinajstić information content (AvgIpc) is 2.36. The summed E-state index contributed by atoms with van der Waals surface area (Å²) in [4.78, 5) is 2.25. The van der Waals surface area contributed by atoms with Gasteiger partial charge in [0.1, 0.15) is 12.4 Å². The molecule has 0 saturated heterocycles. The molecule has 1 rings (SSSR count). The molecule has 0 aliphatic heterocycles. The van der Waals surface area contributed by atoms with Crippen LogP contribution in [0.25, 0.3) is 0 Å². The number of benzene rings is 1. The number of halogens is 1. The molecule has 0 amide bonds. The van der Waals surface area contributed by atoms with E-state index >= 15 is 0 Å². The smallest absolute Gasteiger partial charge is 0.488 e. The first-order valence-electron chi connectivity index (χ1n) is 6.09. The zero-order valence-electron chi connectivity index (χ0n) is 10.8. The second-order valence-electron chi connectivity index (χ2n) is 3.94. The molecule has 0 aliphatic rings. The molecule has 0 unspecified atom stereocenters. The minimum absolute atomic E-state index is 0.357.